The van der Waals surface area contributed by atoms with Crippen molar-refractivity contribution in [2.75, 3.05) is 18.5 Å². The van der Waals surface area contributed by atoms with Crippen molar-refractivity contribution >= 4 is 45.7 Å². The maximum absolute atomic E-state index is 12.4. The fourth-order valence-electron chi connectivity index (χ4n) is 2.44. The highest BCUT2D eigenvalue weighted by Crippen LogP contribution is 2.34. The topological polar surface area (TPSA) is 93.7 Å². The van der Waals surface area contributed by atoms with Crippen LogP contribution < -0.4 is 15.4 Å². The van der Waals surface area contributed by atoms with Gasteiger partial charge in [-0.2, -0.15) is 0 Å². The molecule has 0 saturated carbocycles. The summed E-state index contributed by atoms with van der Waals surface area (Å²) in [5.41, 5.74) is 0.631. The van der Waals surface area contributed by atoms with E-state index in [9.17, 15) is 14.4 Å². The van der Waals surface area contributed by atoms with Gasteiger partial charge in [0, 0.05) is 11.1 Å². The zero-order chi connectivity index (χ0) is 21.6. The fraction of sp³-hybridized carbons (Fsp3) is 0.350. The molecule has 2 aromatic rings. The second-order valence-electron chi connectivity index (χ2n) is 6.40. The molecule has 1 aromatic carbocycles. The molecule has 0 saturated heterocycles. The highest BCUT2D eigenvalue weighted by atomic mass is 35.5. The summed E-state index contributed by atoms with van der Waals surface area (Å²) in [7, 11) is 0. The minimum Gasteiger partial charge on any atom is -0.484 e. The Morgan fingerprint density at radius 3 is 2.41 bits per heavy atom. The molecule has 0 bridgehead atoms. The number of esters is 1. The van der Waals surface area contributed by atoms with Gasteiger partial charge in [-0.25, -0.2) is 4.79 Å². The van der Waals surface area contributed by atoms with Crippen molar-refractivity contribution < 1.29 is 23.9 Å². The Balaban J connectivity index is 2.20. The molecule has 29 heavy (non-hydrogen) atoms. The third-order valence-corrected chi connectivity index (χ3v) is 5.15. The second kappa shape index (κ2) is 10.3. The van der Waals surface area contributed by atoms with Crippen LogP contribution in [-0.4, -0.2) is 37.0 Å². The first kappa shape index (κ1) is 22.7. The van der Waals surface area contributed by atoms with Crippen LogP contribution in [0.3, 0.4) is 0 Å². The average Bonchev–Trinajstić information content (AvgIpc) is 2.97. The predicted molar refractivity (Wildman–Crippen MR) is 113 cm³/mol. The van der Waals surface area contributed by atoms with Crippen molar-refractivity contribution in [3.05, 3.63) is 45.3 Å². The number of ether oxygens (including phenoxy) is 2. The lowest BCUT2D eigenvalue weighted by molar-refractivity contribution is -0.118. The Morgan fingerprint density at radius 2 is 1.83 bits per heavy atom. The number of amides is 2. The molecule has 1 aromatic heterocycles. The summed E-state index contributed by atoms with van der Waals surface area (Å²) in [6, 6.07) is 6.51. The molecule has 1 heterocycles. The largest absolute Gasteiger partial charge is 0.484 e. The number of thiophene rings is 1. The first-order chi connectivity index (χ1) is 13.7. The highest BCUT2D eigenvalue weighted by Gasteiger charge is 2.26. The van der Waals surface area contributed by atoms with Gasteiger partial charge >= 0.3 is 5.97 Å². The Morgan fingerprint density at radius 1 is 1.17 bits per heavy atom. The van der Waals surface area contributed by atoms with E-state index in [1.165, 1.54) is 0 Å². The van der Waals surface area contributed by atoms with Crippen LogP contribution in [0.5, 0.6) is 5.75 Å². The molecule has 0 aliphatic heterocycles. The summed E-state index contributed by atoms with van der Waals surface area (Å²) < 4.78 is 10.5. The normalized spacial score (nSPS) is 10.6. The summed E-state index contributed by atoms with van der Waals surface area (Å²) in [5, 5.41) is 6.24. The minimum atomic E-state index is -0.598. The van der Waals surface area contributed by atoms with Gasteiger partial charge in [-0.1, -0.05) is 11.6 Å². The van der Waals surface area contributed by atoms with Crippen LogP contribution in [0, 0.1) is 6.92 Å². The van der Waals surface area contributed by atoms with Gasteiger partial charge in [0.25, 0.3) is 11.8 Å². The van der Waals surface area contributed by atoms with Crippen molar-refractivity contribution in [2.45, 2.75) is 33.7 Å². The van der Waals surface area contributed by atoms with Crippen LogP contribution >= 0.6 is 22.9 Å². The van der Waals surface area contributed by atoms with Crippen LogP contribution in [0.2, 0.25) is 5.02 Å². The van der Waals surface area contributed by atoms with Gasteiger partial charge in [0.15, 0.2) is 6.61 Å². The number of benzene rings is 1. The molecule has 0 spiro atoms. The van der Waals surface area contributed by atoms with Crippen molar-refractivity contribution in [2.24, 2.45) is 0 Å². The Labute approximate surface area is 178 Å². The number of halogens is 1. The van der Waals surface area contributed by atoms with E-state index < -0.39 is 11.9 Å². The first-order valence-corrected chi connectivity index (χ1v) is 10.2. The summed E-state index contributed by atoms with van der Waals surface area (Å²) >= 11 is 6.84. The van der Waals surface area contributed by atoms with Gasteiger partial charge in [-0.05, 0) is 57.5 Å². The van der Waals surface area contributed by atoms with Crippen molar-refractivity contribution in [1.29, 1.82) is 0 Å². The number of hydrogen-bond acceptors (Lipinski definition) is 6. The zero-order valence-electron chi connectivity index (χ0n) is 16.6. The SMILES string of the molecule is CCOC(=O)c1c(NC(=O)COc2ccc(Cl)cc2)sc(C(=O)NC(C)C)c1C. The number of nitrogens with one attached hydrogen (secondary N) is 2. The smallest absolute Gasteiger partial charge is 0.341 e. The van der Waals surface area contributed by atoms with Gasteiger partial charge in [-0.15, -0.1) is 11.3 Å². The fourth-order valence-corrected chi connectivity index (χ4v) is 3.68. The summed E-state index contributed by atoms with van der Waals surface area (Å²) in [6.07, 6.45) is 0. The number of carbonyl (C=O) groups excluding carboxylic acids is 3. The maximum Gasteiger partial charge on any atom is 0.341 e. The molecule has 0 aliphatic carbocycles. The highest BCUT2D eigenvalue weighted by molar-refractivity contribution is 7.18. The van der Waals surface area contributed by atoms with E-state index >= 15 is 0 Å². The molecular formula is C20H23ClN2O5S. The average molecular weight is 439 g/mol. The third-order valence-electron chi connectivity index (χ3n) is 3.69. The molecule has 0 atom stereocenters. The van der Waals surface area contributed by atoms with E-state index in [1.807, 2.05) is 13.8 Å². The number of anilines is 1. The van der Waals surface area contributed by atoms with Crippen molar-refractivity contribution in [3.8, 4) is 5.75 Å². The molecular weight excluding hydrogens is 416 g/mol. The third kappa shape index (κ3) is 6.20. The molecule has 9 heteroatoms. The lowest BCUT2D eigenvalue weighted by Crippen LogP contribution is -2.29. The summed E-state index contributed by atoms with van der Waals surface area (Å²) in [6.45, 7) is 6.92. The molecule has 2 N–H and O–H groups in total. The molecule has 7 nitrogen and oxygen atoms in total. The van der Waals surface area contributed by atoms with Crippen LogP contribution in [0.4, 0.5) is 5.00 Å². The van der Waals surface area contributed by atoms with E-state index in [4.69, 9.17) is 21.1 Å². The number of hydrogen-bond donors (Lipinski definition) is 2. The summed E-state index contributed by atoms with van der Waals surface area (Å²) in [5.74, 6) is -0.901. The summed E-state index contributed by atoms with van der Waals surface area (Å²) in [4.78, 5) is 37.5. The Bertz CT molecular complexity index is 893. The minimum absolute atomic E-state index is 0.0686. The van der Waals surface area contributed by atoms with E-state index in [-0.39, 0.29) is 35.7 Å². The standard InChI is InChI=1S/C20H23ClN2O5S/c1-5-27-20(26)16-12(4)17(18(25)22-11(2)3)29-19(16)23-15(24)10-28-14-8-6-13(21)7-9-14/h6-9,11H,5,10H2,1-4H3,(H,22,25)(H,23,24). The number of carbonyl (C=O) groups is 3. The van der Waals surface area contributed by atoms with Crippen LogP contribution in [0.1, 0.15) is 46.4 Å². The Hall–Kier alpha value is -2.58. The second-order valence-corrected chi connectivity index (χ2v) is 7.86. The van der Waals surface area contributed by atoms with E-state index in [0.717, 1.165) is 11.3 Å². The van der Waals surface area contributed by atoms with Gasteiger partial charge < -0.3 is 20.1 Å². The van der Waals surface area contributed by atoms with Gasteiger partial charge in [-0.3, -0.25) is 9.59 Å². The van der Waals surface area contributed by atoms with Crippen molar-refractivity contribution in [3.63, 3.8) is 0 Å². The molecule has 2 rings (SSSR count). The lowest BCUT2D eigenvalue weighted by atomic mass is 10.1. The maximum atomic E-state index is 12.4. The molecule has 0 unspecified atom stereocenters. The lowest BCUT2D eigenvalue weighted by Gasteiger charge is -2.08. The Kier molecular flexibility index (Phi) is 8.04. The van der Waals surface area contributed by atoms with Gasteiger partial charge in [0.05, 0.1) is 17.0 Å². The zero-order valence-corrected chi connectivity index (χ0v) is 18.2. The molecule has 0 radical (unpaired) electrons. The van der Waals surface area contributed by atoms with E-state index in [2.05, 4.69) is 10.6 Å². The monoisotopic (exact) mass is 438 g/mol. The van der Waals surface area contributed by atoms with Crippen LogP contribution in [0.15, 0.2) is 24.3 Å². The molecule has 0 aliphatic rings. The quantitative estimate of drug-likeness (QED) is 0.606. The number of rotatable bonds is 8. The van der Waals surface area contributed by atoms with Crippen LogP contribution in [-0.2, 0) is 9.53 Å². The first-order valence-electron chi connectivity index (χ1n) is 9.02. The molecule has 2 amide bonds. The van der Waals surface area contributed by atoms with Crippen molar-refractivity contribution in [1.82, 2.24) is 5.32 Å². The van der Waals surface area contributed by atoms with E-state index in [1.54, 1.807) is 38.1 Å². The molecule has 0 fully saturated rings. The van der Waals surface area contributed by atoms with Gasteiger partial charge in [0.2, 0.25) is 0 Å². The van der Waals surface area contributed by atoms with Crippen LogP contribution in [0.25, 0.3) is 0 Å². The predicted octanol–water partition coefficient (Wildman–Crippen LogP) is 4.04. The molecule has 156 valence electrons. The van der Waals surface area contributed by atoms with E-state index in [0.29, 0.717) is 21.2 Å². The van der Waals surface area contributed by atoms with Gasteiger partial charge in [0.1, 0.15) is 10.8 Å².